The molecule has 0 heterocycles. The monoisotopic (exact) mass is 269 g/mol. The van der Waals surface area contributed by atoms with Gasteiger partial charge in [-0.2, -0.15) is 0 Å². The molecule has 0 fully saturated rings. The van der Waals surface area contributed by atoms with E-state index in [1.165, 1.54) is 19.2 Å². The molecule has 0 aliphatic carbocycles. The second kappa shape index (κ2) is 6.34. The topological polar surface area (TPSA) is 116 Å². The number of carbonyl (C=O) groups excluding carboxylic acids is 1. The lowest BCUT2D eigenvalue weighted by molar-refractivity contribution is -0.385. The molecule has 1 N–H and O–H groups in total. The van der Waals surface area contributed by atoms with Crippen molar-refractivity contribution in [1.82, 2.24) is 0 Å². The summed E-state index contributed by atoms with van der Waals surface area (Å²) in [6, 6.07) is 3.26. The van der Waals surface area contributed by atoms with Crippen molar-refractivity contribution in [2.75, 3.05) is 13.7 Å². The van der Waals surface area contributed by atoms with E-state index >= 15 is 0 Å². The second-order valence-electron chi connectivity index (χ2n) is 3.42. The molecule has 0 spiro atoms. The first kappa shape index (κ1) is 14.4. The first-order valence-corrected chi connectivity index (χ1v) is 5.17. The third-order valence-corrected chi connectivity index (χ3v) is 2.19. The zero-order valence-corrected chi connectivity index (χ0v) is 9.99. The SMILES string of the molecule is COC(=O)CCOc1ccc(C(=O)O)cc1[N+](=O)[O-]. The molecule has 1 aromatic rings. The highest BCUT2D eigenvalue weighted by Gasteiger charge is 2.18. The molecule has 19 heavy (non-hydrogen) atoms. The van der Waals surface area contributed by atoms with Crippen LogP contribution in [0.25, 0.3) is 0 Å². The number of ether oxygens (including phenoxy) is 2. The molecule has 0 unspecified atom stereocenters. The molecule has 0 aliphatic rings. The van der Waals surface area contributed by atoms with E-state index in [1.54, 1.807) is 0 Å². The molecular formula is C11H11NO7. The fourth-order valence-corrected chi connectivity index (χ4v) is 1.26. The molecule has 0 saturated carbocycles. The molecule has 0 aliphatic heterocycles. The Bertz CT molecular complexity index is 512. The summed E-state index contributed by atoms with van der Waals surface area (Å²) in [6.45, 7) is -0.0973. The number of hydrogen-bond donors (Lipinski definition) is 1. The maximum Gasteiger partial charge on any atom is 0.335 e. The second-order valence-corrected chi connectivity index (χ2v) is 3.42. The van der Waals surface area contributed by atoms with Crippen molar-refractivity contribution in [3.05, 3.63) is 33.9 Å². The molecule has 0 atom stereocenters. The summed E-state index contributed by atoms with van der Waals surface area (Å²) in [7, 11) is 1.21. The Balaban J connectivity index is 2.85. The highest BCUT2D eigenvalue weighted by molar-refractivity contribution is 5.88. The number of carboxylic acid groups (broad SMARTS) is 1. The molecule has 0 saturated heterocycles. The number of nitro benzene ring substituents is 1. The molecule has 0 radical (unpaired) electrons. The lowest BCUT2D eigenvalue weighted by Gasteiger charge is -2.06. The van der Waals surface area contributed by atoms with Crippen LogP contribution >= 0.6 is 0 Å². The summed E-state index contributed by atoms with van der Waals surface area (Å²) in [5.74, 6) is -1.88. The Labute approximate surface area is 107 Å². The van der Waals surface area contributed by atoms with E-state index < -0.39 is 22.5 Å². The normalized spacial score (nSPS) is 9.74. The van der Waals surface area contributed by atoms with Crippen LogP contribution in [0.2, 0.25) is 0 Å². The maximum absolute atomic E-state index is 10.9. The van der Waals surface area contributed by atoms with Crippen LogP contribution in [0.3, 0.4) is 0 Å². The van der Waals surface area contributed by atoms with Crippen molar-refractivity contribution in [1.29, 1.82) is 0 Å². The number of carboxylic acids is 1. The Morgan fingerprint density at radius 1 is 1.42 bits per heavy atom. The molecule has 1 aromatic carbocycles. The van der Waals surface area contributed by atoms with Crippen molar-refractivity contribution in [2.45, 2.75) is 6.42 Å². The van der Waals surface area contributed by atoms with E-state index in [2.05, 4.69) is 4.74 Å². The van der Waals surface area contributed by atoms with Gasteiger partial charge in [-0.25, -0.2) is 4.79 Å². The number of aromatic carboxylic acids is 1. The summed E-state index contributed by atoms with van der Waals surface area (Å²) >= 11 is 0. The van der Waals surface area contributed by atoms with Gasteiger partial charge in [-0.05, 0) is 12.1 Å². The average Bonchev–Trinajstić information content (AvgIpc) is 2.38. The zero-order chi connectivity index (χ0) is 14.4. The smallest absolute Gasteiger partial charge is 0.335 e. The molecule has 0 amide bonds. The fraction of sp³-hybridized carbons (Fsp3) is 0.273. The lowest BCUT2D eigenvalue weighted by Crippen LogP contribution is -2.08. The summed E-state index contributed by atoms with van der Waals surface area (Å²) in [6.07, 6.45) is -0.0612. The van der Waals surface area contributed by atoms with Crippen molar-refractivity contribution in [2.24, 2.45) is 0 Å². The Morgan fingerprint density at radius 2 is 2.11 bits per heavy atom. The van der Waals surface area contributed by atoms with E-state index in [0.29, 0.717) is 0 Å². The molecule has 8 heteroatoms. The van der Waals surface area contributed by atoms with E-state index in [0.717, 1.165) is 6.07 Å². The van der Waals surface area contributed by atoms with Gasteiger partial charge in [-0.15, -0.1) is 0 Å². The molecule has 0 bridgehead atoms. The number of nitrogens with zero attached hydrogens (tertiary/aromatic N) is 1. The number of carbonyl (C=O) groups is 2. The van der Waals surface area contributed by atoms with Crippen molar-refractivity contribution < 1.29 is 29.1 Å². The number of hydrogen-bond acceptors (Lipinski definition) is 6. The van der Waals surface area contributed by atoms with Crippen LogP contribution < -0.4 is 4.74 Å². The van der Waals surface area contributed by atoms with Gasteiger partial charge in [0.1, 0.15) is 0 Å². The van der Waals surface area contributed by atoms with Crippen LogP contribution in [0.4, 0.5) is 5.69 Å². The van der Waals surface area contributed by atoms with Crippen LogP contribution in [-0.4, -0.2) is 35.7 Å². The van der Waals surface area contributed by atoms with Crippen molar-refractivity contribution in [3.63, 3.8) is 0 Å². The third kappa shape index (κ3) is 3.95. The third-order valence-electron chi connectivity index (χ3n) is 2.19. The standard InChI is InChI=1S/C11H11NO7/c1-18-10(13)4-5-19-9-3-2-7(11(14)15)6-8(9)12(16)17/h2-3,6H,4-5H2,1H3,(H,14,15). The summed E-state index contributed by atoms with van der Waals surface area (Å²) in [5, 5.41) is 19.5. The minimum absolute atomic E-state index is 0.0612. The Kier molecular flexibility index (Phi) is 4.81. The van der Waals surface area contributed by atoms with E-state index in [1.807, 2.05) is 0 Å². The number of methoxy groups -OCH3 is 1. The molecule has 1 rings (SSSR count). The van der Waals surface area contributed by atoms with Gasteiger partial charge >= 0.3 is 17.6 Å². The van der Waals surface area contributed by atoms with Gasteiger partial charge in [0.05, 0.1) is 30.6 Å². The van der Waals surface area contributed by atoms with E-state index in [-0.39, 0.29) is 24.3 Å². The highest BCUT2D eigenvalue weighted by Crippen LogP contribution is 2.28. The molecule has 0 aromatic heterocycles. The van der Waals surface area contributed by atoms with Crippen LogP contribution in [0.5, 0.6) is 5.75 Å². The summed E-state index contributed by atoms with van der Waals surface area (Å²) in [4.78, 5) is 31.6. The Morgan fingerprint density at radius 3 is 2.63 bits per heavy atom. The van der Waals surface area contributed by atoms with Crippen LogP contribution in [-0.2, 0) is 9.53 Å². The van der Waals surface area contributed by atoms with Crippen LogP contribution in [0, 0.1) is 10.1 Å². The predicted molar refractivity (Wildman–Crippen MR) is 62.2 cm³/mol. The van der Waals surface area contributed by atoms with Gasteiger partial charge in [0.2, 0.25) is 0 Å². The lowest BCUT2D eigenvalue weighted by atomic mass is 10.2. The number of rotatable bonds is 6. The number of nitro groups is 1. The largest absolute Gasteiger partial charge is 0.486 e. The molecular weight excluding hydrogens is 258 g/mol. The molecule has 8 nitrogen and oxygen atoms in total. The van der Waals surface area contributed by atoms with Gasteiger partial charge in [-0.1, -0.05) is 0 Å². The fourth-order valence-electron chi connectivity index (χ4n) is 1.26. The highest BCUT2D eigenvalue weighted by atomic mass is 16.6. The van der Waals surface area contributed by atoms with E-state index in [4.69, 9.17) is 9.84 Å². The van der Waals surface area contributed by atoms with Crippen LogP contribution in [0.1, 0.15) is 16.8 Å². The van der Waals surface area contributed by atoms with E-state index in [9.17, 15) is 19.7 Å². The number of esters is 1. The van der Waals surface area contributed by atoms with Crippen LogP contribution in [0.15, 0.2) is 18.2 Å². The minimum atomic E-state index is -1.27. The van der Waals surface area contributed by atoms with Gasteiger partial charge in [-0.3, -0.25) is 14.9 Å². The first-order chi connectivity index (χ1) is 8.95. The van der Waals surface area contributed by atoms with Gasteiger partial charge in [0.25, 0.3) is 0 Å². The quantitative estimate of drug-likeness (QED) is 0.469. The average molecular weight is 269 g/mol. The summed E-state index contributed by atoms with van der Waals surface area (Å²) in [5.41, 5.74) is -0.684. The molecule has 102 valence electrons. The Hall–Kier alpha value is -2.64. The zero-order valence-electron chi connectivity index (χ0n) is 9.99. The summed E-state index contributed by atoms with van der Waals surface area (Å²) < 4.78 is 9.46. The van der Waals surface area contributed by atoms with Crippen molar-refractivity contribution in [3.8, 4) is 5.75 Å². The van der Waals surface area contributed by atoms with Crippen molar-refractivity contribution >= 4 is 17.6 Å². The van der Waals surface area contributed by atoms with Gasteiger partial charge in [0, 0.05) is 6.07 Å². The van der Waals surface area contributed by atoms with Gasteiger partial charge < -0.3 is 14.6 Å². The maximum atomic E-state index is 10.9. The number of benzene rings is 1. The predicted octanol–water partition coefficient (Wildman–Crippen LogP) is 1.23. The minimum Gasteiger partial charge on any atom is -0.486 e. The van der Waals surface area contributed by atoms with Gasteiger partial charge in [0.15, 0.2) is 5.75 Å². The first-order valence-electron chi connectivity index (χ1n) is 5.17.